The smallest absolute Gasteiger partial charge is 0.367 e. The molecule has 0 amide bonds. The highest BCUT2D eigenvalue weighted by Crippen LogP contribution is 2.15. The SMILES string of the molecule is CCCNCCc1ccc(COCC(F)(F)F)cc1. The van der Waals surface area contributed by atoms with Gasteiger partial charge < -0.3 is 10.1 Å². The van der Waals surface area contributed by atoms with E-state index in [1.807, 2.05) is 24.3 Å². The predicted molar refractivity (Wildman–Crippen MR) is 69.0 cm³/mol. The molecule has 0 spiro atoms. The average Bonchev–Trinajstić information content (AvgIpc) is 2.35. The zero-order valence-electron chi connectivity index (χ0n) is 11.1. The molecule has 19 heavy (non-hydrogen) atoms. The normalized spacial score (nSPS) is 11.8. The van der Waals surface area contributed by atoms with E-state index in [-0.39, 0.29) is 6.61 Å². The molecule has 2 nitrogen and oxygen atoms in total. The monoisotopic (exact) mass is 275 g/mol. The van der Waals surface area contributed by atoms with E-state index in [2.05, 4.69) is 17.0 Å². The Balaban J connectivity index is 2.27. The van der Waals surface area contributed by atoms with Crippen LogP contribution in [0.25, 0.3) is 0 Å². The van der Waals surface area contributed by atoms with Crippen LogP contribution in [-0.4, -0.2) is 25.9 Å². The quantitative estimate of drug-likeness (QED) is 0.735. The lowest BCUT2D eigenvalue weighted by Crippen LogP contribution is -2.17. The first-order chi connectivity index (χ1) is 9.01. The molecule has 0 saturated carbocycles. The van der Waals surface area contributed by atoms with Crippen molar-refractivity contribution in [3.05, 3.63) is 35.4 Å². The van der Waals surface area contributed by atoms with Gasteiger partial charge in [0.05, 0.1) is 6.61 Å². The number of halogens is 3. The molecule has 0 bridgehead atoms. The summed E-state index contributed by atoms with van der Waals surface area (Å²) in [6.07, 6.45) is -2.23. The predicted octanol–water partition coefficient (Wildman–Crippen LogP) is 3.31. The minimum absolute atomic E-state index is 0.00608. The third kappa shape index (κ3) is 7.85. The summed E-state index contributed by atoms with van der Waals surface area (Å²) in [5.74, 6) is 0. The molecule has 1 rings (SSSR count). The van der Waals surface area contributed by atoms with Gasteiger partial charge in [-0.15, -0.1) is 0 Å². The van der Waals surface area contributed by atoms with Gasteiger partial charge in [-0.1, -0.05) is 31.2 Å². The molecule has 0 aromatic heterocycles. The molecular formula is C14H20F3NO. The number of alkyl halides is 3. The Hall–Kier alpha value is -1.07. The van der Waals surface area contributed by atoms with E-state index in [4.69, 9.17) is 0 Å². The molecule has 5 heteroatoms. The summed E-state index contributed by atoms with van der Waals surface area (Å²) in [4.78, 5) is 0. The second-order valence-electron chi connectivity index (χ2n) is 4.42. The first-order valence-corrected chi connectivity index (χ1v) is 6.44. The number of ether oxygens (including phenoxy) is 1. The number of hydrogen-bond donors (Lipinski definition) is 1. The van der Waals surface area contributed by atoms with Gasteiger partial charge in [0.25, 0.3) is 0 Å². The Bertz CT molecular complexity index is 349. The van der Waals surface area contributed by atoms with Gasteiger partial charge in [0.2, 0.25) is 0 Å². The van der Waals surface area contributed by atoms with Gasteiger partial charge in [-0.2, -0.15) is 13.2 Å². The van der Waals surface area contributed by atoms with Gasteiger partial charge in [0.1, 0.15) is 6.61 Å². The highest BCUT2D eigenvalue weighted by atomic mass is 19.4. The van der Waals surface area contributed by atoms with Gasteiger partial charge in [-0.05, 0) is 37.1 Å². The summed E-state index contributed by atoms with van der Waals surface area (Å²) in [7, 11) is 0. The van der Waals surface area contributed by atoms with Crippen LogP contribution in [0.2, 0.25) is 0 Å². The van der Waals surface area contributed by atoms with E-state index in [0.29, 0.717) is 0 Å². The Labute approximate surface area is 112 Å². The number of nitrogens with one attached hydrogen (secondary N) is 1. The summed E-state index contributed by atoms with van der Waals surface area (Å²) < 4.78 is 40.3. The van der Waals surface area contributed by atoms with Gasteiger partial charge in [-0.25, -0.2) is 0 Å². The molecule has 0 fully saturated rings. The third-order valence-corrected chi connectivity index (χ3v) is 2.57. The highest BCUT2D eigenvalue weighted by molar-refractivity contribution is 5.22. The molecule has 0 aliphatic carbocycles. The van der Waals surface area contributed by atoms with Crippen LogP contribution in [0, 0.1) is 0 Å². The molecule has 0 saturated heterocycles. The molecule has 0 aliphatic rings. The Morgan fingerprint density at radius 1 is 1.05 bits per heavy atom. The van der Waals surface area contributed by atoms with Gasteiger partial charge in [-0.3, -0.25) is 0 Å². The third-order valence-electron chi connectivity index (χ3n) is 2.57. The molecule has 1 N–H and O–H groups in total. The van der Waals surface area contributed by atoms with Crippen LogP contribution >= 0.6 is 0 Å². The fourth-order valence-corrected chi connectivity index (χ4v) is 1.62. The zero-order valence-corrected chi connectivity index (χ0v) is 11.1. The van der Waals surface area contributed by atoms with E-state index in [9.17, 15) is 13.2 Å². The summed E-state index contributed by atoms with van der Waals surface area (Å²) in [6.45, 7) is 2.83. The molecule has 108 valence electrons. The van der Waals surface area contributed by atoms with E-state index >= 15 is 0 Å². The number of benzene rings is 1. The lowest BCUT2D eigenvalue weighted by Gasteiger charge is -2.08. The van der Waals surface area contributed by atoms with Gasteiger partial charge in [0.15, 0.2) is 0 Å². The molecule has 0 heterocycles. The topological polar surface area (TPSA) is 21.3 Å². The lowest BCUT2D eigenvalue weighted by atomic mass is 10.1. The molecule has 0 atom stereocenters. The molecule has 0 unspecified atom stereocenters. The van der Waals surface area contributed by atoms with E-state index in [0.717, 1.165) is 31.5 Å². The van der Waals surface area contributed by atoms with Crippen LogP contribution in [0.15, 0.2) is 24.3 Å². The highest BCUT2D eigenvalue weighted by Gasteiger charge is 2.27. The fourth-order valence-electron chi connectivity index (χ4n) is 1.62. The van der Waals surface area contributed by atoms with Crippen LogP contribution in [0.1, 0.15) is 24.5 Å². The van der Waals surface area contributed by atoms with Crippen LogP contribution in [0.5, 0.6) is 0 Å². The first-order valence-electron chi connectivity index (χ1n) is 6.44. The average molecular weight is 275 g/mol. The van der Waals surface area contributed by atoms with Crippen molar-refractivity contribution in [2.75, 3.05) is 19.7 Å². The number of rotatable bonds is 8. The maximum absolute atomic E-state index is 11.9. The maximum Gasteiger partial charge on any atom is 0.411 e. The summed E-state index contributed by atoms with van der Waals surface area (Å²) in [6, 6.07) is 7.48. The second kappa shape index (κ2) is 8.17. The second-order valence-corrected chi connectivity index (χ2v) is 4.42. The Kier molecular flexibility index (Phi) is 6.87. The molecule has 1 aromatic rings. The van der Waals surface area contributed by atoms with Crippen molar-refractivity contribution < 1.29 is 17.9 Å². The minimum Gasteiger partial charge on any atom is -0.367 e. The Morgan fingerprint density at radius 3 is 2.26 bits per heavy atom. The largest absolute Gasteiger partial charge is 0.411 e. The van der Waals surface area contributed by atoms with Gasteiger partial charge in [0, 0.05) is 0 Å². The van der Waals surface area contributed by atoms with E-state index in [1.165, 1.54) is 5.56 Å². The first kappa shape index (κ1) is 16.0. The van der Waals surface area contributed by atoms with Gasteiger partial charge >= 0.3 is 6.18 Å². The summed E-state index contributed by atoms with van der Waals surface area (Å²) in [5.41, 5.74) is 1.93. The van der Waals surface area contributed by atoms with Crippen LogP contribution in [0.3, 0.4) is 0 Å². The molecule has 1 aromatic carbocycles. The fraction of sp³-hybridized carbons (Fsp3) is 0.571. The number of hydrogen-bond acceptors (Lipinski definition) is 2. The van der Waals surface area contributed by atoms with Crippen molar-refractivity contribution in [3.63, 3.8) is 0 Å². The molecule has 0 aliphatic heterocycles. The van der Waals surface area contributed by atoms with Crippen LogP contribution in [0.4, 0.5) is 13.2 Å². The maximum atomic E-state index is 11.9. The summed E-state index contributed by atoms with van der Waals surface area (Å²) >= 11 is 0. The lowest BCUT2D eigenvalue weighted by molar-refractivity contribution is -0.176. The summed E-state index contributed by atoms with van der Waals surface area (Å²) in [5, 5.41) is 3.30. The van der Waals surface area contributed by atoms with Crippen LogP contribution < -0.4 is 5.32 Å². The standard InChI is InChI=1S/C14H20F3NO/c1-2-8-18-9-7-12-3-5-13(6-4-12)10-19-11-14(15,16)17/h3-6,18H,2,7-11H2,1H3. The van der Waals surface area contributed by atoms with Crippen molar-refractivity contribution in [1.82, 2.24) is 5.32 Å². The van der Waals surface area contributed by atoms with Crippen molar-refractivity contribution >= 4 is 0 Å². The van der Waals surface area contributed by atoms with Crippen LogP contribution in [-0.2, 0) is 17.8 Å². The van der Waals surface area contributed by atoms with E-state index in [1.54, 1.807) is 0 Å². The van der Waals surface area contributed by atoms with E-state index < -0.39 is 12.8 Å². The Morgan fingerprint density at radius 2 is 1.68 bits per heavy atom. The zero-order chi connectivity index (χ0) is 14.1. The van der Waals surface area contributed by atoms with Crippen molar-refractivity contribution in [2.45, 2.75) is 32.5 Å². The van der Waals surface area contributed by atoms with Crippen molar-refractivity contribution in [3.8, 4) is 0 Å². The van der Waals surface area contributed by atoms with Crippen molar-refractivity contribution in [1.29, 1.82) is 0 Å². The van der Waals surface area contributed by atoms with Crippen molar-refractivity contribution in [2.24, 2.45) is 0 Å². The molecule has 0 radical (unpaired) electrons. The minimum atomic E-state index is -4.26. The molecular weight excluding hydrogens is 255 g/mol.